The van der Waals surface area contributed by atoms with Gasteiger partial charge in [-0.1, -0.05) is 106 Å². The van der Waals surface area contributed by atoms with E-state index in [4.69, 9.17) is 16.9 Å². The molecular weight excluding hydrogens is 496 g/mol. The number of ketones is 1. The van der Waals surface area contributed by atoms with Gasteiger partial charge in [0.2, 0.25) is 0 Å². The molecule has 38 heavy (non-hydrogen) atoms. The second-order valence-corrected chi connectivity index (χ2v) is 10.6. The van der Waals surface area contributed by atoms with E-state index < -0.39 is 11.5 Å². The lowest BCUT2D eigenvalue weighted by Crippen LogP contribution is -2.42. The van der Waals surface area contributed by atoms with Gasteiger partial charge in [0.1, 0.15) is 6.07 Å². The van der Waals surface area contributed by atoms with Crippen molar-refractivity contribution in [3.63, 3.8) is 0 Å². The minimum Gasteiger partial charge on any atom is -0.375 e. The number of amides is 1. The molecule has 2 N–H and O–H groups in total. The molecule has 0 aromatic heterocycles. The van der Waals surface area contributed by atoms with Crippen molar-refractivity contribution in [2.75, 3.05) is 5.32 Å². The molecule has 0 saturated heterocycles. The number of aliphatic hydroxyl groups is 1. The second-order valence-electron chi connectivity index (χ2n) is 10.2. The van der Waals surface area contributed by atoms with E-state index in [0.29, 0.717) is 46.2 Å². The van der Waals surface area contributed by atoms with Crippen molar-refractivity contribution in [3.8, 4) is 6.07 Å². The number of nitriles is 1. The zero-order valence-electron chi connectivity index (χ0n) is 22.2. The molecule has 3 rings (SSSR count). The largest absolute Gasteiger partial charge is 0.375 e. The van der Waals surface area contributed by atoms with Crippen LogP contribution in [0.2, 0.25) is 5.02 Å². The van der Waals surface area contributed by atoms with E-state index in [9.17, 15) is 14.7 Å². The first kappa shape index (κ1) is 29.1. The topological polar surface area (TPSA) is 90.2 Å². The molecule has 0 fully saturated rings. The van der Waals surface area contributed by atoms with Gasteiger partial charge in [-0.05, 0) is 41.2 Å². The number of nitrogens with one attached hydrogen (secondary N) is 1. The molecular formula is C32H35ClN2O3. The predicted octanol–water partition coefficient (Wildman–Crippen LogP) is 7.32. The summed E-state index contributed by atoms with van der Waals surface area (Å²) in [5.41, 5.74) is 0.569. The summed E-state index contributed by atoms with van der Waals surface area (Å²) in [6, 6.07) is 22.4. The average molecular weight is 531 g/mol. The first-order chi connectivity index (χ1) is 18.2. The van der Waals surface area contributed by atoms with Gasteiger partial charge >= 0.3 is 0 Å². The zero-order chi connectivity index (χ0) is 27.7. The first-order valence-corrected chi connectivity index (χ1v) is 13.4. The van der Waals surface area contributed by atoms with E-state index in [2.05, 4.69) is 26.1 Å². The Labute approximate surface area is 230 Å². The van der Waals surface area contributed by atoms with Gasteiger partial charge in [0.05, 0.1) is 10.6 Å². The number of nitrogens with zero attached hydrogens (tertiary/aromatic N) is 1. The fraction of sp³-hybridized carbons (Fsp3) is 0.344. The number of hydrogen-bond donors (Lipinski definition) is 2. The maximum absolute atomic E-state index is 13.4. The second kappa shape index (κ2) is 13.4. The highest BCUT2D eigenvalue weighted by atomic mass is 35.5. The van der Waals surface area contributed by atoms with Crippen molar-refractivity contribution >= 4 is 29.0 Å². The van der Waals surface area contributed by atoms with Gasteiger partial charge in [-0.3, -0.25) is 9.59 Å². The number of carbonyl (C=O) groups is 2. The smallest absolute Gasteiger partial charge is 0.261 e. The van der Waals surface area contributed by atoms with Gasteiger partial charge < -0.3 is 10.4 Å². The van der Waals surface area contributed by atoms with Crippen molar-refractivity contribution in [3.05, 3.63) is 100 Å². The van der Waals surface area contributed by atoms with Gasteiger partial charge in [-0.15, -0.1) is 0 Å². The van der Waals surface area contributed by atoms with Crippen LogP contribution in [0.5, 0.6) is 0 Å². The molecule has 2 unspecified atom stereocenters. The van der Waals surface area contributed by atoms with Gasteiger partial charge in [-0.2, -0.15) is 5.26 Å². The number of anilines is 1. The molecule has 3 aromatic rings. The number of benzene rings is 3. The van der Waals surface area contributed by atoms with Gasteiger partial charge in [0.15, 0.2) is 11.4 Å². The average Bonchev–Trinajstić information content (AvgIpc) is 2.92. The molecule has 0 aliphatic heterocycles. The van der Waals surface area contributed by atoms with Crippen molar-refractivity contribution in [2.24, 2.45) is 11.8 Å². The summed E-state index contributed by atoms with van der Waals surface area (Å²) >= 11 is 6.12. The van der Waals surface area contributed by atoms with Crippen LogP contribution < -0.4 is 5.32 Å². The van der Waals surface area contributed by atoms with Crippen LogP contribution in [0.4, 0.5) is 5.69 Å². The Balaban J connectivity index is 1.76. The van der Waals surface area contributed by atoms with E-state index in [1.54, 1.807) is 54.6 Å². The van der Waals surface area contributed by atoms with Crippen LogP contribution in [0, 0.1) is 23.2 Å². The van der Waals surface area contributed by atoms with Crippen molar-refractivity contribution < 1.29 is 14.7 Å². The Morgan fingerprint density at radius 1 is 1.00 bits per heavy atom. The summed E-state index contributed by atoms with van der Waals surface area (Å²) in [5.74, 6) is 0.460. The number of hydrogen-bond acceptors (Lipinski definition) is 4. The van der Waals surface area contributed by atoms with E-state index in [1.165, 1.54) is 12.1 Å². The normalized spacial score (nSPS) is 14.1. The van der Waals surface area contributed by atoms with Crippen LogP contribution in [0.1, 0.15) is 73.5 Å². The Hall–Kier alpha value is -3.46. The molecule has 3 atom stereocenters. The highest BCUT2D eigenvalue weighted by Crippen LogP contribution is 2.29. The molecule has 0 radical (unpaired) electrons. The summed E-state index contributed by atoms with van der Waals surface area (Å²) in [7, 11) is 0. The van der Waals surface area contributed by atoms with Crippen LogP contribution in [-0.2, 0) is 16.8 Å². The minimum absolute atomic E-state index is 0.00658. The molecule has 0 spiro atoms. The fourth-order valence-electron chi connectivity index (χ4n) is 4.36. The van der Waals surface area contributed by atoms with Crippen molar-refractivity contribution in [1.82, 2.24) is 0 Å². The molecule has 0 bridgehead atoms. The minimum atomic E-state index is -1.88. The van der Waals surface area contributed by atoms with Crippen LogP contribution in [0.25, 0.3) is 0 Å². The standard InChI is InChI=1S/C32H35ClN2O3/c1-4-22(2)10-11-23(3)18-30(36)25-14-12-24(13-15-25)20-32(38,27-8-6-5-7-9-27)31(37)35-28-17-16-26(21-34)29(33)19-28/h5-9,12-17,19,22-23,38H,4,10-11,18,20H2,1-3H3,(H,35,37)/t22?,23-,32?/m1/s1. The maximum atomic E-state index is 13.4. The monoisotopic (exact) mass is 530 g/mol. The SMILES string of the molecule is CCC(C)CC[C@@H](C)CC(=O)c1ccc(CC(O)(C(=O)Nc2ccc(C#N)c(Cl)c2)c2ccccc2)cc1. The zero-order valence-corrected chi connectivity index (χ0v) is 23.0. The molecule has 3 aromatic carbocycles. The summed E-state index contributed by atoms with van der Waals surface area (Å²) in [4.78, 5) is 26.2. The lowest BCUT2D eigenvalue weighted by Gasteiger charge is -2.28. The van der Waals surface area contributed by atoms with Crippen LogP contribution in [0.3, 0.4) is 0 Å². The van der Waals surface area contributed by atoms with Crippen molar-refractivity contribution in [1.29, 1.82) is 5.26 Å². The summed E-state index contributed by atoms with van der Waals surface area (Å²) in [6.07, 6.45) is 3.81. The molecule has 1 amide bonds. The third-order valence-corrected chi connectivity index (χ3v) is 7.41. The van der Waals surface area contributed by atoms with E-state index in [-0.39, 0.29) is 17.2 Å². The Bertz CT molecular complexity index is 1280. The Kier molecular flexibility index (Phi) is 10.2. The van der Waals surface area contributed by atoms with Gasteiger partial charge in [0.25, 0.3) is 5.91 Å². The third-order valence-electron chi connectivity index (χ3n) is 7.09. The van der Waals surface area contributed by atoms with Gasteiger partial charge in [-0.25, -0.2) is 0 Å². The van der Waals surface area contributed by atoms with Gasteiger partial charge in [0, 0.05) is 24.1 Å². The molecule has 0 aliphatic carbocycles. The molecule has 5 nitrogen and oxygen atoms in total. The van der Waals surface area contributed by atoms with Crippen LogP contribution in [0.15, 0.2) is 72.8 Å². The number of halogens is 1. The molecule has 0 aliphatic rings. The molecule has 0 heterocycles. The summed E-state index contributed by atoms with van der Waals surface area (Å²) in [5, 5.41) is 23.7. The molecule has 198 valence electrons. The Morgan fingerprint density at radius 3 is 2.26 bits per heavy atom. The highest BCUT2D eigenvalue weighted by Gasteiger charge is 2.38. The van der Waals surface area contributed by atoms with E-state index in [0.717, 1.165) is 19.3 Å². The summed E-state index contributed by atoms with van der Waals surface area (Å²) < 4.78 is 0. The van der Waals surface area contributed by atoms with E-state index >= 15 is 0 Å². The van der Waals surface area contributed by atoms with Crippen LogP contribution in [-0.4, -0.2) is 16.8 Å². The lowest BCUT2D eigenvalue weighted by molar-refractivity contribution is -0.135. The lowest BCUT2D eigenvalue weighted by atomic mass is 9.85. The molecule has 0 saturated carbocycles. The summed E-state index contributed by atoms with van der Waals surface area (Å²) in [6.45, 7) is 6.55. The van der Waals surface area contributed by atoms with Crippen LogP contribution >= 0.6 is 11.6 Å². The highest BCUT2D eigenvalue weighted by molar-refractivity contribution is 6.32. The van der Waals surface area contributed by atoms with Crippen molar-refractivity contribution in [2.45, 2.75) is 58.5 Å². The number of Topliss-reactive ketones (excluding diaryl/α,β-unsaturated/α-hetero) is 1. The quantitative estimate of drug-likeness (QED) is 0.240. The first-order valence-electron chi connectivity index (χ1n) is 13.1. The number of carbonyl (C=O) groups excluding carboxylic acids is 2. The predicted molar refractivity (Wildman–Crippen MR) is 152 cm³/mol. The maximum Gasteiger partial charge on any atom is 0.261 e. The third kappa shape index (κ3) is 7.54. The fourth-order valence-corrected chi connectivity index (χ4v) is 4.58. The number of rotatable bonds is 12. The molecule has 6 heteroatoms. The van der Waals surface area contributed by atoms with E-state index in [1.807, 2.05) is 12.1 Å². The Morgan fingerprint density at radius 2 is 1.66 bits per heavy atom.